The number of hydrazine groups is 1. The van der Waals surface area contributed by atoms with Crippen LogP contribution in [0.1, 0.15) is 29.9 Å². The molecule has 6 nitrogen and oxygen atoms in total. The van der Waals surface area contributed by atoms with E-state index in [4.69, 9.17) is 0 Å². The van der Waals surface area contributed by atoms with Crippen LogP contribution in [0.4, 0.5) is 0 Å². The number of hydrogen-bond donors (Lipinski definition) is 2. The minimum atomic E-state index is -0.440. The van der Waals surface area contributed by atoms with Crippen LogP contribution in [0.2, 0.25) is 0 Å². The topological polar surface area (TPSA) is 75.5 Å². The zero-order chi connectivity index (χ0) is 14.1. The summed E-state index contributed by atoms with van der Waals surface area (Å²) in [6.45, 7) is 0. The normalized spacial score (nSPS) is 14.8. The molecule has 2 aromatic heterocycles. The van der Waals surface area contributed by atoms with Crippen LogP contribution in [-0.2, 0) is 4.79 Å². The van der Waals surface area contributed by atoms with Crippen LogP contribution in [0.3, 0.4) is 0 Å². The van der Waals surface area contributed by atoms with E-state index in [9.17, 15) is 9.59 Å². The summed E-state index contributed by atoms with van der Waals surface area (Å²) in [5.74, 6) is -0.324. The lowest BCUT2D eigenvalue weighted by Crippen LogP contribution is -2.46. The number of carbonyl (C=O) groups excluding carboxylic acids is 2. The Bertz CT molecular complexity index is 678. The van der Waals surface area contributed by atoms with Crippen molar-refractivity contribution < 1.29 is 9.59 Å². The Morgan fingerprint density at radius 3 is 2.80 bits per heavy atom. The van der Waals surface area contributed by atoms with Crippen LogP contribution in [0, 0.1) is 5.92 Å². The maximum Gasteiger partial charge on any atom is 0.306 e. The maximum absolute atomic E-state index is 12.1. The van der Waals surface area contributed by atoms with E-state index in [2.05, 4.69) is 31.8 Å². The van der Waals surface area contributed by atoms with Gasteiger partial charge in [0, 0.05) is 12.1 Å². The zero-order valence-corrected chi connectivity index (χ0v) is 12.2. The van der Waals surface area contributed by atoms with Gasteiger partial charge < -0.3 is 0 Å². The molecular weight excluding hydrogens is 324 g/mol. The Hall–Kier alpha value is -1.89. The molecule has 2 heterocycles. The Balaban J connectivity index is 1.74. The van der Waals surface area contributed by atoms with E-state index < -0.39 is 5.91 Å². The lowest BCUT2D eigenvalue weighted by Gasteiger charge is -2.23. The molecule has 1 aliphatic rings. The number of nitrogens with zero attached hydrogens (tertiary/aromatic N) is 2. The molecule has 0 radical (unpaired) electrons. The minimum absolute atomic E-state index is 0.0269. The maximum atomic E-state index is 12.1. The SMILES string of the molecule is O=C(NNC(=O)C1CCC1)c1nc(Br)c2ccccn12. The summed E-state index contributed by atoms with van der Waals surface area (Å²) in [6, 6.07) is 5.52. The van der Waals surface area contributed by atoms with Gasteiger partial charge in [0.15, 0.2) is 0 Å². The highest BCUT2D eigenvalue weighted by molar-refractivity contribution is 9.10. The second kappa shape index (κ2) is 5.24. The molecule has 0 atom stereocenters. The molecule has 0 aliphatic heterocycles. The van der Waals surface area contributed by atoms with Crippen LogP contribution in [0.15, 0.2) is 29.0 Å². The molecule has 2 N–H and O–H groups in total. The fraction of sp³-hybridized carbons (Fsp3) is 0.308. The monoisotopic (exact) mass is 336 g/mol. The quantitative estimate of drug-likeness (QED) is 0.819. The first-order valence-electron chi connectivity index (χ1n) is 6.39. The fourth-order valence-corrected chi connectivity index (χ4v) is 2.60. The van der Waals surface area contributed by atoms with Gasteiger partial charge in [0.2, 0.25) is 11.7 Å². The molecular formula is C13H13BrN4O2. The van der Waals surface area contributed by atoms with Crippen LogP contribution < -0.4 is 10.9 Å². The molecule has 1 fully saturated rings. The lowest BCUT2D eigenvalue weighted by atomic mass is 9.85. The van der Waals surface area contributed by atoms with Crippen LogP contribution in [-0.4, -0.2) is 21.2 Å². The summed E-state index contributed by atoms with van der Waals surface area (Å²) in [5, 5.41) is 0. The van der Waals surface area contributed by atoms with Gasteiger partial charge in [-0.2, -0.15) is 0 Å². The Morgan fingerprint density at radius 1 is 1.30 bits per heavy atom. The zero-order valence-electron chi connectivity index (χ0n) is 10.6. The summed E-state index contributed by atoms with van der Waals surface area (Å²) in [5.41, 5.74) is 5.65. The van der Waals surface area contributed by atoms with Gasteiger partial charge in [-0.3, -0.25) is 24.8 Å². The Morgan fingerprint density at radius 2 is 2.10 bits per heavy atom. The number of amides is 2. The van der Waals surface area contributed by atoms with Crippen molar-refractivity contribution in [2.45, 2.75) is 19.3 Å². The molecule has 7 heteroatoms. The van der Waals surface area contributed by atoms with E-state index in [1.807, 2.05) is 18.2 Å². The predicted molar refractivity (Wildman–Crippen MR) is 75.8 cm³/mol. The molecule has 3 rings (SSSR count). The van der Waals surface area contributed by atoms with Gasteiger partial charge in [-0.05, 0) is 40.9 Å². The average Bonchev–Trinajstić information content (AvgIpc) is 2.72. The Kier molecular flexibility index (Phi) is 3.43. The largest absolute Gasteiger partial charge is 0.306 e. The van der Waals surface area contributed by atoms with Gasteiger partial charge in [-0.1, -0.05) is 12.5 Å². The van der Waals surface area contributed by atoms with Crippen molar-refractivity contribution in [1.29, 1.82) is 0 Å². The first-order chi connectivity index (χ1) is 9.66. The number of halogens is 1. The average molecular weight is 337 g/mol. The van der Waals surface area contributed by atoms with Gasteiger partial charge in [0.1, 0.15) is 4.60 Å². The number of nitrogens with one attached hydrogen (secondary N) is 2. The first-order valence-corrected chi connectivity index (χ1v) is 7.19. The molecule has 0 saturated heterocycles. The van der Waals surface area contributed by atoms with Crippen molar-refractivity contribution in [1.82, 2.24) is 20.2 Å². The van der Waals surface area contributed by atoms with Crippen molar-refractivity contribution in [3.8, 4) is 0 Å². The van der Waals surface area contributed by atoms with Crippen molar-refractivity contribution >= 4 is 33.3 Å². The first kappa shape index (κ1) is 13.1. The number of rotatable bonds is 2. The number of aromatic nitrogens is 2. The molecule has 1 saturated carbocycles. The molecule has 0 unspecified atom stereocenters. The molecule has 0 aromatic carbocycles. The number of carbonyl (C=O) groups is 2. The molecule has 104 valence electrons. The summed E-state index contributed by atoms with van der Waals surface area (Å²) < 4.78 is 2.25. The van der Waals surface area contributed by atoms with Gasteiger partial charge in [-0.25, -0.2) is 4.98 Å². The highest BCUT2D eigenvalue weighted by atomic mass is 79.9. The number of fused-ring (bicyclic) bond motifs is 1. The van der Waals surface area contributed by atoms with Gasteiger partial charge in [0.05, 0.1) is 5.52 Å². The number of hydrogen-bond acceptors (Lipinski definition) is 3. The van der Waals surface area contributed by atoms with E-state index in [0.717, 1.165) is 24.8 Å². The summed E-state index contributed by atoms with van der Waals surface area (Å²) in [6.07, 6.45) is 4.60. The summed E-state index contributed by atoms with van der Waals surface area (Å²) >= 11 is 3.31. The van der Waals surface area contributed by atoms with Crippen molar-refractivity contribution in [2.75, 3.05) is 0 Å². The minimum Gasteiger partial charge on any atom is -0.294 e. The fourth-order valence-electron chi connectivity index (χ4n) is 2.11. The van der Waals surface area contributed by atoms with Crippen LogP contribution in [0.25, 0.3) is 5.52 Å². The third kappa shape index (κ3) is 2.29. The van der Waals surface area contributed by atoms with Gasteiger partial charge in [0.25, 0.3) is 0 Å². The van der Waals surface area contributed by atoms with Crippen LogP contribution in [0.5, 0.6) is 0 Å². The van der Waals surface area contributed by atoms with Crippen molar-refractivity contribution in [2.24, 2.45) is 5.92 Å². The lowest BCUT2D eigenvalue weighted by molar-refractivity contribution is -0.128. The summed E-state index contributed by atoms with van der Waals surface area (Å²) in [4.78, 5) is 27.9. The summed E-state index contributed by atoms with van der Waals surface area (Å²) in [7, 11) is 0. The third-order valence-electron chi connectivity index (χ3n) is 3.48. The van der Waals surface area contributed by atoms with E-state index in [-0.39, 0.29) is 17.6 Å². The van der Waals surface area contributed by atoms with Crippen molar-refractivity contribution in [3.63, 3.8) is 0 Å². The number of imidazole rings is 1. The highest BCUT2D eigenvalue weighted by Gasteiger charge is 2.26. The third-order valence-corrected chi connectivity index (χ3v) is 4.07. The van der Waals surface area contributed by atoms with Crippen molar-refractivity contribution in [3.05, 3.63) is 34.8 Å². The van der Waals surface area contributed by atoms with E-state index in [1.54, 1.807) is 10.6 Å². The molecule has 20 heavy (non-hydrogen) atoms. The van der Waals surface area contributed by atoms with E-state index >= 15 is 0 Å². The van der Waals surface area contributed by atoms with E-state index in [0.29, 0.717) is 4.60 Å². The molecule has 0 spiro atoms. The predicted octanol–water partition coefficient (Wildman–Crippen LogP) is 1.66. The molecule has 2 amide bonds. The Labute approximate surface area is 123 Å². The molecule has 0 bridgehead atoms. The smallest absolute Gasteiger partial charge is 0.294 e. The van der Waals surface area contributed by atoms with Gasteiger partial charge >= 0.3 is 5.91 Å². The second-order valence-corrected chi connectivity index (χ2v) is 5.50. The highest BCUT2D eigenvalue weighted by Crippen LogP contribution is 2.25. The number of pyridine rings is 1. The molecule has 2 aromatic rings. The standard InChI is InChI=1S/C13H13BrN4O2/c14-10-9-6-1-2-7-18(9)11(15-10)13(20)17-16-12(19)8-4-3-5-8/h1-2,6-8H,3-5H2,(H,16,19)(H,17,20). The van der Waals surface area contributed by atoms with Crippen LogP contribution >= 0.6 is 15.9 Å². The van der Waals surface area contributed by atoms with Gasteiger partial charge in [-0.15, -0.1) is 0 Å². The molecule has 1 aliphatic carbocycles. The van der Waals surface area contributed by atoms with E-state index in [1.165, 1.54) is 0 Å². The second-order valence-electron chi connectivity index (χ2n) is 4.75.